The van der Waals surface area contributed by atoms with E-state index in [4.69, 9.17) is 4.98 Å². The minimum atomic E-state index is -0.485. The third-order valence-electron chi connectivity index (χ3n) is 5.49. The van der Waals surface area contributed by atoms with Gasteiger partial charge in [-0.2, -0.15) is 0 Å². The second kappa shape index (κ2) is 7.88. The molecule has 0 radical (unpaired) electrons. The average molecular weight is 437 g/mol. The molecule has 2 aromatic carbocycles. The van der Waals surface area contributed by atoms with Gasteiger partial charge in [0.05, 0.1) is 52.5 Å². The van der Waals surface area contributed by atoms with Gasteiger partial charge in [-0.15, -0.1) is 0 Å². The number of nitrogens with one attached hydrogen (secondary N) is 2. The predicted molar refractivity (Wildman–Crippen MR) is 134 cm³/mol. The number of hydrogen-bond acceptors (Lipinski definition) is 6. The molecular weight excluding hydrogens is 418 g/mol. The van der Waals surface area contributed by atoms with E-state index >= 15 is 0 Å². The van der Waals surface area contributed by atoms with Crippen LogP contribution >= 0.6 is 0 Å². The van der Waals surface area contributed by atoms with Crippen molar-refractivity contribution in [3.8, 4) is 5.69 Å². The standard InChI is InChI=1S/C21H19B3FN7O/c22-21(23,24)16(31-18-15-17(27-9-26-15)28-10-29-18)19-30-14-7-6-11(25)8-13(14)20(33)32(19)12-4-2-1-3-5-12/h1-10,16H,22-24H2,(H2,26,27,28,29,31)/t16-/m1/s1. The Kier molecular flexibility index (Phi) is 5.00. The maximum absolute atomic E-state index is 14.0. The molecule has 0 aliphatic carbocycles. The molecule has 3 aromatic heterocycles. The molecule has 2 N–H and O–H groups in total. The lowest BCUT2D eigenvalue weighted by Gasteiger charge is -2.33. The molecule has 0 saturated heterocycles. The summed E-state index contributed by atoms with van der Waals surface area (Å²) in [6.45, 7) is 0. The zero-order valence-electron chi connectivity index (χ0n) is 18.4. The minimum Gasteiger partial charge on any atom is -0.360 e. The molecule has 8 nitrogen and oxygen atoms in total. The van der Waals surface area contributed by atoms with Gasteiger partial charge in [0.2, 0.25) is 0 Å². The van der Waals surface area contributed by atoms with Crippen molar-refractivity contribution in [1.82, 2.24) is 29.5 Å². The molecular formula is C21H19B3FN7O. The van der Waals surface area contributed by atoms with Crippen LogP contribution < -0.4 is 10.9 Å². The van der Waals surface area contributed by atoms with Crippen LogP contribution in [0.15, 0.2) is 66.0 Å². The van der Waals surface area contributed by atoms with Crippen LogP contribution in [0.4, 0.5) is 10.2 Å². The van der Waals surface area contributed by atoms with Crippen LogP contribution in [0, 0.1) is 5.82 Å². The van der Waals surface area contributed by atoms with E-state index in [0.29, 0.717) is 34.0 Å². The van der Waals surface area contributed by atoms with E-state index in [1.54, 1.807) is 6.33 Å². The Morgan fingerprint density at radius 2 is 1.85 bits per heavy atom. The van der Waals surface area contributed by atoms with E-state index in [2.05, 4.69) is 25.3 Å². The van der Waals surface area contributed by atoms with Crippen LogP contribution in [0.1, 0.15) is 11.9 Å². The molecule has 0 spiro atoms. The first kappa shape index (κ1) is 20.9. The number of aromatic nitrogens is 6. The molecule has 5 aromatic rings. The van der Waals surface area contributed by atoms with E-state index in [-0.39, 0.29) is 10.9 Å². The number of hydrogen-bond donors (Lipinski definition) is 2. The van der Waals surface area contributed by atoms with Crippen molar-refractivity contribution in [2.24, 2.45) is 0 Å². The number of para-hydroxylation sites is 1. The summed E-state index contributed by atoms with van der Waals surface area (Å²) >= 11 is 0. The molecule has 0 aliphatic rings. The smallest absolute Gasteiger partial charge is 0.266 e. The summed E-state index contributed by atoms with van der Waals surface area (Å²) in [5.74, 6) is 0.524. The van der Waals surface area contributed by atoms with Crippen molar-refractivity contribution in [2.45, 2.75) is 11.2 Å². The molecule has 5 rings (SSSR count). The highest BCUT2D eigenvalue weighted by atomic mass is 19.1. The zero-order chi connectivity index (χ0) is 23.2. The monoisotopic (exact) mass is 437 g/mol. The number of benzene rings is 2. The molecule has 0 bridgehead atoms. The first-order valence-corrected chi connectivity index (χ1v) is 10.5. The maximum atomic E-state index is 14.0. The van der Waals surface area contributed by atoms with E-state index in [0.717, 1.165) is 0 Å². The Labute approximate surface area is 190 Å². The lowest BCUT2D eigenvalue weighted by atomic mass is 9.39. The highest BCUT2D eigenvalue weighted by Gasteiger charge is 2.32. The average Bonchev–Trinajstić information content (AvgIpc) is 3.27. The van der Waals surface area contributed by atoms with Gasteiger partial charge in [-0.1, -0.05) is 23.3 Å². The van der Waals surface area contributed by atoms with Crippen molar-refractivity contribution >= 4 is 51.4 Å². The maximum Gasteiger partial charge on any atom is 0.266 e. The summed E-state index contributed by atoms with van der Waals surface area (Å²) in [6, 6.07) is 12.8. The second-order valence-corrected chi connectivity index (χ2v) is 8.87. The lowest BCUT2D eigenvalue weighted by molar-refractivity contribution is 0.628. The van der Waals surface area contributed by atoms with Crippen LogP contribution in [0.2, 0.25) is 5.11 Å². The van der Waals surface area contributed by atoms with Crippen LogP contribution in [0.25, 0.3) is 27.8 Å². The Bertz CT molecular complexity index is 1530. The van der Waals surface area contributed by atoms with Gasteiger partial charge in [-0.3, -0.25) is 9.36 Å². The Balaban J connectivity index is 1.79. The first-order chi connectivity index (χ1) is 15.8. The van der Waals surface area contributed by atoms with Crippen LogP contribution in [-0.4, -0.2) is 53.0 Å². The molecule has 0 fully saturated rings. The summed E-state index contributed by atoms with van der Waals surface area (Å²) in [7, 11) is 6.14. The molecule has 0 aliphatic heterocycles. The Hall–Kier alpha value is -3.95. The number of nitrogens with zero attached hydrogens (tertiary/aromatic N) is 5. The molecule has 160 valence electrons. The van der Waals surface area contributed by atoms with E-state index in [1.807, 2.05) is 53.9 Å². The van der Waals surface area contributed by atoms with Crippen molar-refractivity contribution in [1.29, 1.82) is 0 Å². The van der Waals surface area contributed by atoms with Gasteiger partial charge in [0, 0.05) is 0 Å². The molecule has 1 atom stereocenters. The van der Waals surface area contributed by atoms with Crippen molar-refractivity contribution < 1.29 is 4.39 Å². The normalized spacial score (nSPS) is 12.8. The summed E-state index contributed by atoms with van der Waals surface area (Å²) in [5.41, 5.74) is 1.90. The van der Waals surface area contributed by atoms with Crippen molar-refractivity contribution in [2.75, 3.05) is 5.32 Å². The van der Waals surface area contributed by atoms with Crippen LogP contribution in [-0.2, 0) is 0 Å². The summed E-state index contributed by atoms with van der Waals surface area (Å²) in [4.78, 5) is 34.4. The Morgan fingerprint density at radius 3 is 2.61 bits per heavy atom. The molecule has 0 unspecified atom stereocenters. The number of H-pyrrole nitrogens is 1. The number of imidazole rings is 1. The fourth-order valence-corrected chi connectivity index (χ4v) is 3.87. The quantitative estimate of drug-likeness (QED) is 0.385. The summed E-state index contributed by atoms with van der Waals surface area (Å²) < 4.78 is 15.5. The number of fused-ring (bicyclic) bond motifs is 2. The molecule has 33 heavy (non-hydrogen) atoms. The van der Waals surface area contributed by atoms with Gasteiger partial charge in [-0.25, -0.2) is 24.3 Å². The molecule has 12 heteroatoms. The SMILES string of the molecule is BC(B)(B)[C@H](Nc1ncnc2[nH]cnc12)c1nc2ccc(F)cc2c(=O)n1-c1ccccc1. The molecule has 3 heterocycles. The Morgan fingerprint density at radius 1 is 1.06 bits per heavy atom. The van der Waals surface area contributed by atoms with Gasteiger partial charge in [0.1, 0.15) is 23.5 Å². The molecule has 0 amide bonds. The summed E-state index contributed by atoms with van der Waals surface area (Å²) in [5, 5.41) is 3.27. The zero-order valence-corrected chi connectivity index (χ0v) is 18.4. The second-order valence-electron chi connectivity index (χ2n) is 8.87. The van der Waals surface area contributed by atoms with E-state index < -0.39 is 17.0 Å². The van der Waals surface area contributed by atoms with Crippen LogP contribution in [0.3, 0.4) is 0 Å². The highest BCUT2D eigenvalue weighted by Crippen LogP contribution is 2.35. The topological polar surface area (TPSA) is 101 Å². The predicted octanol–water partition coefficient (Wildman–Crippen LogP) is 0.317. The number of halogens is 1. The fourth-order valence-electron chi connectivity index (χ4n) is 3.87. The van der Waals surface area contributed by atoms with Gasteiger partial charge in [-0.05, 0) is 30.3 Å². The van der Waals surface area contributed by atoms with Gasteiger partial charge in [0.15, 0.2) is 11.5 Å². The first-order valence-electron chi connectivity index (χ1n) is 10.5. The lowest BCUT2D eigenvalue weighted by Crippen LogP contribution is -2.36. The van der Waals surface area contributed by atoms with E-state index in [9.17, 15) is 9.18 Å². The summed E-state index contributed by atoms with van der Waals surface area (Å²) in [6.07, 6.45) is 3.00. The van der Waals surface area contributed by atoms with Gasteiger partial charge < -0.3 is 10.3 Å². The number of anilines is 1. The number of rotatable bonds is 5. The minimum absolute atomic E-state index is 0.215. The van der Waals surface area contributed by atoms with Gasteiger partial charge >= 0.3 is 0 Å². The molecule has 0 saturated carbocycles. The number of aromatic amines is 1. The van der Waals surface area contributed by atoms with Gasteiger partial charge in [0.25, 0.3) is 5.56 Å². The third-order valence-corrected chi connectivity index (χ3v) is 5.49. The van der Waals surface area contributed by atoms with E-state index in [1.165, 1.54) is 29.1 Å². The van der Waals surface area contributed by atoms with Crippen LogP contribution in [0.5, 0.6) is 0 Å². The van der Waals surface area contributed by atoms with Crippen molar-refractivity contribution in [3.63, 3.8) is 0 Å². The van der Waals surface area contributed by atoms with Crippen molar-refractivity contribution in [3.05, 3.63) is 83.2 Å². The fraction of sp³-hybridized carbons (Fsp3) is 0.0952. The third kappa shape index (κ3) is 3.77. The largest absolute Gasteiger partial charge is 0.360 e. The highest BCUT2D eigenvalue weighted by molar-refractivity contribution is 6.59.